The van der Waals surface area contributed by atoms with E-state index in [1.54, 1.807) is 25.1 Å². The monoisotopic (exact) mass is 376 g/mol. The van der Waals surface area contributed by atoms with Crippen LogP contribution in [0.2, 0.25) is 0 Å². The van der Waals surface area contributed by atoms with Crippen LogP contribution < -0.4 is 16.0 Å². The second kappa shape index (κ2) is 9.82. The Hall–Kier alpha value is -2.74. The first kappa shape index (κ1) is 20.6. The molecule has 0 radical (unpaired) electrons. The summed E-state index contributed by atoms with van der Waals surface area (Å²) in [5, 5.41) is 19.6. The SMILES string of the molecule is CCNC(=NCC(C)(O)c1ccco1)NCCCNC(=O)c1occc1C. The van der Waals surface area contributed by atoms with E-state index in [9.17, 15) is 9.90 Å². The Balaban J connectivity index is 1.75. The number of aliphatic hydroxyl groups is 1. The highest BCUT2D eigenvalue weighted by atomic mass is 16.4. The highest BCUT2D eigenvalue weighted by Gasteiger charge is 2.26. The molecule has 4 N–H and O–H groups in total. The molecule has 2 aromatic heterocycles. The molecule has 1 amide bonds. The smallest absolute Gasteiger partial charge is 0.287 e. The van der Waals surface area contributed by atoms with Crippen LogP contribution in [0.1, 0.15) is 42.1 Å². The van der Waals surface area contributed by atoms with Crippen LogP contribution in [0.5, 0.6) is 0 Å². The lowest BCUT2D eigenvalue weighted by atomic mass is 10.0. The van der Waals surface area contributed by atoms with Gasteiger partial charge >= 0.3 is 0 Å². The van der Waals surface area contributed by atoms with Gasteiger partial charge in [-0.1, -0.05) is 0 Å². The van der Waals surface area contributed by atoms with Gasteiger partial charge in [0.15, 0.2) is 11.7 Å². The molecule has 0 aromatic carbocycles. The van der Waals surface area contributed by atoms with Crippen LogP contribution in [0.3, 0.4) is 0 Å². The van der Waals surface area contributed by atoms with Crippen molar-refractivity contribution in [1.29, 1.82) is 0 Å². The predicted octanol–water partition coefficient (Wildman–Crippen LogP) is 1.76. The van der Waals surface area contributed by atoms with E-state index in [1.165, 1.54) is 12.5 Å². The molecule has 0 fully saturated rings. The van der Waals surface area contributed by atoms with Crippen molar-refractivity contribution in [2.45, 2.75) is 32.8 Å². The summed E-state index contributed by atoms with van der Waals surface area (Å²) < 4.78 is 10.4. The van der Waals surface area contributed by atoms with Gasteiger partial charge in [-0.25, -0.2) is 4.99 Å². The number of nitrogens with one attached hydrogen (secondary N) is 3. The van der Waals surface area contributed by atoms with E-state index in [0.717, 1.165) is 5.56 Å². The minimum Gasteiger partial charge on any atom is -0.466 e. The zero-order valence-corrected chi connectivity index (χ0v) is 16.0. The summed E-state index contributed by atoms with van der Waals surface area (Å²) in [5.41, 5.74) is -0.364. The van der Waals surface area contributed by atoms with Gasteiger partial charge < -0.3 is 29.9 Å². The third-order valence-electron chi connectivity index (χ3n) is 3.94. The summed E-state index contributed by atoms with van der Waals surface area (Å²) in [7, 11) is 0. The number of amides is 1. The number of furan rings is 2. The fourth-order valence-corrected chi connectivity index (χ4v) is 2.42. The molecular formula is C19H28N4O4. The van der Waals surface area contributed by atoms with E-state index in [0.29, 0.717) is 43.5 Å². The Kier molecular flexibility index (Phi) is 7.48. The summed E-state index contributed by atoms with van der Waals surface area (Å²) in [4.78, 5) is 16.4. The van der Waals surface area contributed by atoms with Crippen molar-refractivity contribution in [1.82, 2.24) is 16.0 Å². The lowest BCUT2D eigenvalue weighted by molar-refractivity contribution is 0.0437. The first-order chi connectivity index (χ1) is 12.9. The predicted molar refractivity (Wildman–Crippen MR) is 103 cm³/mol. The number of aliphatic imine (C=N–C) groups is 1. The Bertz CT molecular complexity index is 735. The molecule has 0 bridgehead atoms. The minimum absolute atomic E-state index is 0.157. The topological polar surface area (TPSA) is 112 Å². The van der Waals surface area contributed by atoms with E-state index in [1.807, 2.05) is 13.8 Å². The minimum atomic E-state index is -1.18. The van der Waals surface area contributed by atoms with Gasteiger partial charge in [0.1, 0.15) is 11.4 Å². The number of guanidine groups is 1. The summed E-state index contributed by atoms with van der Waals surface area (Å²) in [5.74, 6) is 1.20. The molecule has 8 heteroatoms. The van der Waals surface area contributed by atoms with E-state index in [4.69, 9.17) is 8.83 Å². The number of rotatable bonds is 9. The van der Waals surface area contributed by atoms with Gasteiger partial charge in [0.05, 0.1) is 19.1 Å². The zero-order valence-electron chi connectivity index (χ0n) is 16.0. The van der Waals surface area contributed by atoms with Gasteiger partial charge in [0, 0.05) is 25.2 Å². The van der Waals surface area contributed by atoms with Gasteiger partial charge in [0.25, 0.3) is 5.91 Å². The van der Waals surface area contributed by atoms with Gasteiger partial charge in [-0.15, -0.1) is 0 Å². The molecule has 0 aliphatic heterocycles. The van der Waals surface area contributed by atoms with E-state index < -0.39 is 5.60 Å². The molecule has 2 rings (SSSR count). The van der Waals surface area contributed by atoms with E-state index >= 15 is 0 Å². The second-order valence-electron chi connectivity index (χ2n) is 6.42. The van der Waals surface area contributed by atoms with Crippen LogP contribution in [-0.4, -0.2) is 43.2 Å². The molecule has 1 atom stereocenters. The number of aryl methyl sites for hydroxylation is 1. The summed E-state index contributed by atoms with van der Waals surface area (Å²) >= 11 is 0. The molecule has 148 valence electrons. The van der Waals surface area contributed by atoms with Crippen LogP contribution in [0.4, 0.5) is 0 Å². The average Bonchev–Trinajstić information content (AvgIpc) is 3.31. The van der Waals surface area contributed by atoms with Crippen molar-refractivity contribution in [3.8, 4) is 0 Å². The van der Waals surface area contributed by atoms with Crippen LogP contribution in [-0.2, 0) is 5.60 Å². The maximum Gasteiger partial charge on any atom is 0.287 e. The fraction of sp³-hybridized carbons (Fsp3) is 0.474. The molecule has 1 unspecified atom stereocenters. The number of carbonyl (C=O) groups is 1. The molecule has 2 aromatic rings. The molecule has 0 aliphatic carbocycles. The lowest BCUT2D eigenvalue weighted by Gasteiger charge is -2.19. The first-order valence-corrected chi connectivity index (χ1v) is 9.05. The first-order valence-electron chi connectivity index (χ1n) is 9.05. The highest BCUT2D eigenvalue weighted by Crippen LogP contribution is 2.20. The Morgan fingerprint density at radius 2 is 1.96 bits per heavy atom. The number of hydrogen-bond acceptors (Lipinski definition) is 5. The van der Waals surface area contributed by atoms with Crippen molar-refractivity contribution in [3.63, 3.8) is 0 Å². The summed E-state index contributed by atoms with van der Waals surface area (Å²) in [6, 6.07) is 5.21. The molecule has 27 heavy (non-hydrogen) atoms. The van der Waals surface area contributed by atoms with E-state index in [2.05, 4.69) is 20.9 Å². The van der Waals surface area contributed by atoms with Crippen molar-refractivity contribution in [2.75, 3.05) is 26.2 Å². The highest BCUT2D eigenvalue weighted by molar-refractivity contribution is 5.92. The standard InChI is InChI=1S/C19H28N4O4/c1-4-20-18(23-13-19(3,25)15-7-5-11-26-15)22-10-6-9-21-17(24)16-14(2)8-12-27-16/h5,7-8,11-12,25H,4,6,9-10,13H2,1-3H3,(H,21,24)(H2,20,22,23). The van der Waals surface area contributed by atoms with Crippen molar-refractivity contribution in [2.24, 2.45) is 4.99 Å². The molecule has 8 nitrogen and oxygen atoms in total. The Labute approximate surface area is 159 Å². The summed E-state index contributed by atoms with van der Waals surface area (Å²) in [6.45, 7) is 7.44. The second-order valence-corrected chi connectivity index (χ2v) is 6.42. The number of nitrogens with zero attached hydrogens (tertiary/aromatic N) is 1. The Morgan fingerprint density at radius 1 is 1.19 bits per heavy atom. The van der Waals surface area contributed by atoms with Gasteiger partial charge in [0.2, 0.25) is 0 Å². The van der Waals surface area contributed by atoms with Crippen LogP contribution in [0.25, 0.3) is 0 Å². The third-order valence-corrected chi connectivity index (χ3v) is 3.94. The number of hydrogen-bond donors (Lipinski definition) is 4. The van der Waals surface area contributed by atoms with Crippen LogP contribution in [0.15, 0.2) is 44.6 Å². The maximum atomic E-state index is 12.0. The summed E-state index contributed by atoms with van der Waals surface area (Å²) in [6.07, 6.45) is 3.74. The largest absolute Gasteiger partial charge is 0.466 e. The van der Waals surface area contributed by atoms with Gasteiger partial charge in [-0.3, -0.25) is 4.79 Å². The zero-order chi connectivity index (χ0) is 19.7. The van der Waals surface area contributed by atoms with Crippen molar-refractivity contribution >= 4 is 11.9 Å². The normalized spacial score (nSPS) is 13.9. The maximum absolute atomic E-state index is 12.0. The van der Waals surface area contributed by atoms with Crippen molar-refractivity contribution in [3.05, 3.63) is 47.8 Å². The third kappa shape index (κ3) is 6.18. The van der Waals surface area contributed by atoms with Crippen LogP contribution in [0, 0.1) is 6.92 Å². The molecular weight excluding hydrogens is 348 g/mol. The van der Waals surface area contributed by atoms with E-state index in [-0.39, 0.29) is 12.5 Å². The lowest BCUT2D eigenvalue weighted by Crippen LogP contribution is -2.40. The molecule has 2 heterocycles. The quantitative estimate of drug-likeness (QED) is 0.301. The Morgan fingerprint density at radius 3 is 2.59 bits per heavy atom. The molecule has 0 saturated carbocycles. The van der Waals surface area contributed by atoms with Gasteiger partial charge in [-0.05, 0) is 45.4 Å². The van der Waals surface area contributed by atoms with Crippen molar-refractivity contribution < 1.29 is 18.7 Å². The fourth-order valence-electron chi connectivity index (χ4n) is 2.42. The number of carbonyl (C=O) groups excluding carboxylic acids is 1. The molecule has 0 aliphatic rings. The molecule has 0 saturated heterocycles. The molecule has 0 spiro atoms. The van der Waals surface area contributed by atoms with Crippen LogP contribution >= 0.6 is 0 Å². The van der Waals surface area contributed by atoms with Gasteiger partial charge in [-0.2, -0.15) is 0 Å². The average molecular weight is 376 g/mol.